The van der Waals surface area contributed by atoms with Gasteiger partial charge in [0.1, 0.15) is 5.52 Å². The van der Waals surface area contributed by atoms with Gasteiger partial charge in [0.2, 0.25) is 0 Å². The van der Waals surface area contributed by atoms with E-state index in [2.05, 4.69) is 4.98 Å². The Hall–Kier alpha value is -1.55. The molecular weight excluding hydrogens is 216 g/mol. The van der Waals surface area contributed by atoms with Gasteiger partial charge in [0.15, 0.2) is 5.58 Å². The van der Waals surface area contributed by atoms with E-state index in [1.165, 1.54) is 4.90 Å². The summed E-state index contributed by atoms with van der Waals surface area (Å²) in [5.41, 5.74) is 1.74. The van der Waals surface area contributed by atoms with Crippen LogP contribution in [0.25, 0.3) is 11.1 Å². The highest BCUT2D eigenvalue weighted by Crippen LogP contribution is 2.20. The van der Waals surface area contributed by atoms with E-state index in [-0.39, 0.29) is 11.3 Å². The van der Waals surface area contributed by atoms with E-state index in [1.54, 1.807) is 32.3 Å². The number of carbonyl (C=O) groups excluding carboxylic acids is 1. The lowest BCUT2D eigenvalue weighted by molar-refractivity contribution is 0.0828. The van der Waals surface area contributed by atoms with Crippen molar-refractivity contribution in [1.82, 2.24) is 9.88 Å². The molecule has 15 heavy (non-hydrogen) atoms. The predicted molar refractivity (Wildman–Crippen MR) is 57.0 cm³/mol. The minimum absolute atomic E-state index is 0.0731. The average molecular weight is 225 g/mol. The van der Waals surface area contributed by atoms with Crippen LogP contribution in [0.1, 0.15) is 10.4 Å². The zero-order valence-electron chi connectivity index (χ0n) is 8.32. The van der Waals surface area contributed by atoms with Crippen LogP contribution < -0.4 is 0 Å². The highest BCUT2D eigenvalue weighted by atomic mass is 35.5. The first-order valence-electron chi connectivity index (χ1n) is 4.35. The molecule has 1 heterocycles. The number of nitrogens with zero attached hydrogens (tertiary/aromatic N) is 2. The second-order valence-electron chi connectivity index (χ2n) is 3.35. The van der Waals surface area contributed by atoms with Gasteiger partial charge in [0.05, 0.1) is 0 Å². The molecule has 1 amide bonds. The van der Waals surface area contributed by atoms with Crippen LogP contribution in [0.3, 0.4) is 0 Å². The molecule has 0 radical (unpaired) electrons. The fourth-order valence-electron chi connectivity index (χ4n) is 1.29. The molecule has 0 saturated carbocycles. The molecule has 0 bridgehead atoms. The number of benzene rings is 1. The summed E-state index contributed by atoms with van der Waals surface area (Å²) in [6, 6.07) is 5.03. The summed E-state index contributed by atoms with van der Waals surface area (Å²) in [5, 5.41) is 0.0828. The van der Waals surface area contributed by atoms with Gasteiger partial charge in [-0.15, -0.1) is 0 Å². The second kappa shape index (κ2) is 3.55. The summed E-state index contributed by atoms with van der Waals surface area (Å²) >= 11 is 5.60. The molecule has 1 aromatic carbocycles. The van der Waals surface area contributed by atoms with Crippen LogP contribution >= 0.6 is 11.6 Å². The number of carbonyl (C=O) groups is 1. The smallest absolute Gasteiger partial charge is 0.293 e. The van der Waals surface area contributed by atoms with Crippen LogP contribution in [-0.4, -0.2) is 29.9 Å². The van der Waals surface area contributed by atoms with E-state index < -0.39 is 0 Å². The average Bonchev–Trinajstić information content (AvgIpc) is 2.55. The molecule has 0 fully saturated rings. The molecule has 1 aromatic heterocycles. The molecule has 0 aliphatic rings. The van der Waals surface area contributed by atoms with Gasteiger partial charge in [-0.2, -0.15) is 4.98 Å². The van der Waals surface area contributed by atoms with Gasteiger partial charge in [-0.05, 0) is 29.8 Å². The largest absolute Gasteiger partial charge is 0.428 e. The van der Waals surface area contributed by atoms with Crippen molar-refractivity contribution >= 4 is 28.6 Å². The highest BCUT2D eigenvalue weighted by molar-refractivity contribution is 6.28. The van der Waals surface area contributed by atoms with Gasteiger partial charge in [-0.3, -0.25) is 4.79 Å². The van der Waals surface area contributed by atoms with Crippen LogP contribution in [0.15, 0.2) is 22.6 Å². The molecule has 0 spiro atoms. The van der Waals surface area contributed by atoms with E-state index in [4.69, 9.17) is 16.0 Å². The maximum atomic E-state index is 11.6. The van der Waals surface area contributed by atoms with Gasteiger partial charge < -0.3 is 9.32 Å². The lowest BCUT2D eigenvalue weighted by Crippen LogP contribution is -2.21. The first kappa shape index (κ1) is 9.98. The molecule has 2 aromatic rings. The van der Waals surface area contributed by atoms with Crippen LogP contribution in [0, 0.1) is 0 Å². The van der Waals surface area contributed by atoms with Crippen molar-refractivity contribution in [3.05, 3.63) is 29.1 Å². The molecule has 0 N–H and O–H groups in total. The SMILES string of the molecule is CN(C)C(=O)c1ccc2oc(Cl)nc2c1. The molecule has 0 aliphatic carbocycles. The third kappa shape index (κ3) is 1.80. The number of hydrogen-bond donors (Lipinski definition) is 0. The van der Waals surface area contributed by atoms with E-state index >= 15 is 0 Å². The van der Waals surface area contributed by atoms with Crippen molar-refractivity contribution in [3.8, 4) is 0 Å². The standard InChI is InChI=1S/C10H9ClN2O2/c1-13(2)9(14)6-3-4-8-7(5-6)12-10(11)15-8/h3-5H,1-2H3. The Morgan fingerprint density at radius 3 is 2.87 bits per heavy atom. The molecule has 0 unspecified atom stereocenters. The van der Waals surface area contributed by atoms with Gasteiger partial charge in [-0.1, -0.05) is 0 Å². The van der Waals surface area contributed by atoms with Crippen molar-refractivity contribution in [1.29, 1.82) is 0 Å². The van der Waals surface area contributed by atoms with Gasteiger partial charge in [0, 0.05) is 19.7 Å². The topological polar surface area (TPSA) is 46.3 Å². The van der Waals surface area contributed by atoms with Crippen molar-refractivity contribution in [2.45, 2.75) is 0 Å². The normalized spacial score (nSPS) is 10.6. The van der Waals surface area contributed by atoms with E-state index in [0.29, 0.717) is 16.7 Å². The summed E-state index contributed by atoms with van der Waals surface area (Å²) in [6.07, 6.45) is 0. The number of hydrogen-bond acceptors (Lipinski definition) is 3. The quantitative estimate of drug-likeness (QED) is 0.746. The van der Waals surface area contributed by atoms with Gasteiger partial charge in [0.25, 0.3) is 11.3 Å². The summed E-state index contributed by atoms with van der Waals surface area (Å²) < 4.78 is 5.09. The summed E-state index contributed by atoms with van der Waals surface area (Å²) in [6.45, 7) is 0. The molecule has 78 valence electrons. The second-order valence-corrected chi connectivity index (χ2v) is 3.67. The van der Waals surface area contributed by atoms with Gasteiger partial charge >= 0.3 is 0 Å². The first-order chi connectivity index (χ1) is 7.08. The molecule has 0 aliphatic heterocycles. The third-order valence-electron chi connectivity index (χ3n) is 2.01. The van der Waals surface area contributed by atoms with Crippen molar-refractivity contribution < 1.29 is 9.21 Å². The number of aromatic nitrogens is 1. The van der Waals surface area contributed by atoms with E-state index in [0.717, 1.165) is 0 Å². The minimum Gasteiger partial charge on any atom is -0.428 e. The van der Waals surface area contributed by atoms with Crippen molar-refractivity contribution in [2.24, 2.45) is 0 Å². The predicted octanol–water partition coefficient (Wildman–Crippen LogP) is 2.18. The maximum absolute atomic E-state index is 11.6. The Balaban J connectivity index is 2.51. The summed E-state index contributed by atoms with van der Waals surface area (Å²) in [7, 11) is 3.39. The maximum Gasteiger partial charge on any atom is 0.293 e. The zero-order chi connectivity index (χ0) is 11.0. The number of fused-ring (bicyclic) bond motifs is 1. The molecule has 5 heteroatoms. The minimum atomic E-state index is -0.0731. The molecule has 4 nitrogen and oxygen atoms in total. The number of oxazole rings is 1. The molecular formula is C10H9ClN2O2. The van der Waals surface area contributed by atoms with Crippen LogP contribution in [0.2, 0.25) is 5.35 Å². The number of amides is 1. The fourth-order valence-corrected chi connectivity index (χ4v) is 1.46. The van der Waals surface area contributed by atoms with E-state index in [9.17, 15) is 4.79 Å². The first-order valence-corrected chi connectivity index (χ1v) is 4.73. The molecule has 0 atom stereocenters. The monoisotopic (exact) mass is 224 g/mol. The summed E-state index contributed by atoms with van der Waals surface area (Å²) in [5.74, 6) is -0.0731. The van der Waals surface area contributed by atoms with Crippen molar-refractivity contribution in [2.75, 3.05) is 14.1 Å². The fraction of sp³-hybridized carbons (Fsp3) is 0.200. The Labute approximate surface area is 91.4 Å². The lowest BCUT2D eigenvalue weighted by Gasteiger charge is -2.09. The van der Waals surface area contributed by atoms with Crippen LogP contribution in [0.4, 0.5) is 0 Å². The zero-order valence-corrected chi connectivity index (χ0v) is 9.08. The number of rotatable bonds is 1. The van der Waals surface area contributed by atoms with Crippen LogP contribution in [-0.2, 0) is 0 Å². The van der Waals surface area contributed by atoms with E-state index in [1.807, 2.05) is 0 Å². The van der Waals surface area contributed by atoms with Crippen molar-refractivity contribution in [3.63, 3.8) is 0 Å². The van der Waals surface area contributed by atoms with Crippen LogP contribution in [0.5, 0.6) is 0 Å². The lowest BCUT2D eigenvalue weighted by atomic mass is 10.2. The Kier molecular flexibility index (Phi) is 2.36. The summed E-state index contributed by atoms with van der Waals surface area (Å²) in [4.78, 5) is 17.1. The highest BCUT2D eigenvalue weighted by Gasteiger charge is 2.10. The molecule has 0 saturated heterocycles. The Morgan fingerprint density at radius 2 is 2.20 bits per heavy atom. The molecule has 2 rings (SSSR count). The van der Waals surface area contributed by atoms with Gasteiger partial charge in [-0.25, -0.2) is 0 Å². The number of halogens is 1. The Morgan fingerprint density at radius 1 is 1.47 bits per heavy atom. The Bertz CT molecular complexity index is 519. The third-order valence-corrected chi connectivity index (χ3v) is 2.18.